The summed E-state index contributed by atoms with van der Waals surface area (Å²) in [7, 11) is 0. The van der Waals surface area contributed by atoms with Crippen molar-refractivity contribution < 1.29 is 4.79 Å². The fraction of sp³-hybridized carbons (Fsp3) is 0.889. The molecular weight excluding hydrogens is 138 g/mol. The summed E-state index contributed by atoms with van der Waals surface area (Å²) in [6.07, 6.45) is 2.17. The van der Waals surface area contributed by atoms with Gasteiger partial charge in [0.15, 0.2) is 0 Å². The number of Topliss-reactive ketones (excluding diaryl/α,β-unsaturated/α-hetero) is 1. The number of nitrogens with zero attached hydrogens (tertiary/aromatic N) is 1. The molecule has 62 valence electrons. The van der Waals surface area contributed by atoms with Gasteiger partial charge in [-0.15, -0.1) is 0 Å². The Morgan fingerprint density at radius 3 is 2.82 bits per heavy atom. The Bertz CT molecular complexity index is 178. The zero-order valence-electron chi connectivity index (χ0n) is 7.05. The lowest BCUT2D eigenvalue weighted by Gasteiger charge is -2.11. The zero-order valence-corrected chi connectivity index (χ0v) is 7.05. The molecule has 2 fully saturated rings. The summed E-state index contributed by atoms with van der Waals surface area (Å²) >= 11 is 0. The molecule has 1 aliphatic carbocycles. The van der Waals surface area contributed by atoms with Crippen LogP contribution in [0.4, 0.5) is 0 Å². The topological polar surface area (TPSA) is 20.3 Å². The average Bonchev–Trinajstić information content (AvgIpc) is 2.42. The molecule has 2 atom stereocenters. The van der Waals surface area contributed by atoms with Crippen LogP contribution in [0, 0.1) is 11.8 Å². The number of carbonyl (C=O) groups is 1. The zero-order chi connectivity index (χ0) is 7.84. The number of carbonyl (C=O) groups excluding carboxylic acids is 1. The van der Waals surface area contributed by atoms with Gasteiger partial charge in [0.25, 0.3) is 0 Å². The van der Waals surface area contributed by atoms with Gasteiger partial charge >= 0.3 is 0 Å². The molecule has 0 amide bonds. The summed E-state index contributed by atoms with van der Waals surface area (Å²) in [6.45, 7) is 5.21. The summed E-state index contributed by atoms with van der Waals surface area (Å²) in [5, 5.41) is 0. The highest BCUT2D eigenvalue weighted by molar-refractivity contribution is 5.82. The first kappa shape index (κ1) is 7.29. The minimum absolute atomic E-state index is 0.429. The van der Waals surface area contributed by atoms with Crippen LogP contribution in [0.5, 0.6) is 0 Å². The molecule has 1 saturated carbocycles. The Kier molecular flexibility index (Phi) is 1.72. The van der Waals surface area contributed by atoms with Crippen molar-refractivity contribution in [1.82, 2.24) is 4.90 Å². The Labute approximate surface area is 67.6 Å². The van der Waals surface area contributed by atoms with Crippen molar-refractivity contribution in [1.29, 1.82) is 0 Å². The first-order chi connectivity index (χ1) is 5.25. The molecule has 1 saturated heterocycles. The maximum Gasteiger partial charge on any atom is 0.148 e. The lowest BCUT2D eigenvalue weighted by Crippen LogP contribution is -2.23. The molecule has 2 heteroatoms. The van der Waals surface area contributed by atoms with Gasteiger partial charge in [0.05, 0.1) is 6.54 Å². The highest BCUT2D eigenvalue weighted by Gasteiger charge is 2.35. The lowest BCUT2D eigenvalue weighted by molar-refractivity contribution is -0.116. The maximum absolute atomic E-state index is 10.9. The smallest absolute Gasteiger partial charge is 0.148 e. The highest BCUT2D eigenvalue weighted by atomic mass is 16.1. The van der Waals surface area contributed by atoms with Crippen LogP contribution in [0.3, 0.4) is 0 Å². The predicted molar refractivity (Wildman–Crippen MR) is 43.3 cm³/mol. The Hall–Kier alpha value is -0.370. The third-order valence-electron chi connectivity index (χ3n) is 2.88. The van der Waals surface area contributed by atoms with Gasteiger partial charge < -0.3 is 0 Å². The van der Waals surface area contributed by atoms with Gasteiger partial charge in [0.1, 0.15) is 5.78 Å². The van der Waals surface area contributed by atoms with Gasteiger partial charge in [-0.25, -0.2) is 0 Å². The number of hydrogen-bond acceptors (Lipinski definition) is 2. The summed E-state index contributed by atoms with van der Waals surface area (Å²) in [5.41, 5.74) is 0. The monoisotopic (exact) mass is 153 g/mol. The van der Waals surface area contributed by atoms with Crippen molar-refractivity contribution in [3.63, 3.8) is 0 Å². The van der Waals surface area contributed by atoms with E-state index in [0.29, 0.717) is 5.78 Å². The number of ketones is 1. The van der Waals surface area contributed by atoms with Gasteiger partial charge in [-0.2, -0.15) is 0 Å². The minimum Gasteiger partial charge on any atom is -0.298 e. The molecule has 0 aromatic heterocycles. The minimum atomic E-state index is 0.429. The van der Waals surface area contributed by atoms with Crippen LogP contribution in [-0.4, -0.2) is 30.3 Å². The fourth-order valence-electron chi connectivity index (χ4n) is 1.83. The Balaban J connectivity index is 1.75. The summed E-state index contributed by atoms with van der Waals surface area (Å²) in [5.74, 6) is 2.25. The van der Waals surface area contributed by atoms with Crippen molar-refractivity contribution in [2.24, 2.45) is 11.8 Å². The van der Waals surface area contributed by atoms with Crippen molar-refractivity contribution in [2.75, 3.05) is 19.6 Å². The standard InChI is InChI=1S/C9H15NO/c1-7-4-8(7)5-10-3-2-9(11)6-10/h7-8H,2-6H2,1H3. The molecule has 0 aromatic carbocycles. The van der Waals surface area contributed by atoms with Crippen LogP contribution in [0.2, 0.25) is 0 Å². The molecule has 0 bridgehead atoms. The maximum atomic E-state index is 10.9. The van der Waals surface area contributed by atoms with Crippen LogP contribution in [-0.2, 0) is 4.79 Å². The molecule has 1 heterocycles. The first-order valence-electron chi connectivity index (χ1n) is 4.50. The molecule has 1 aliphatic heterocycles. The van der Waals surface area contributed by atoms with Gasteiger partial charge in [0.2, 0.25) is 0 Å². The number of hydrogen-bond donors (Lipinski definition) is 0. The largest absolute Gasteiger partial charge is 0.298 e. The van der Waals surface area contributed by atoms with Gasteiger partial charge in [-0.05, 0) is 18.3 Å². The molecule has 2 rings (SSSR count). The molecule has 0 radical (unpaired) electrons. The predicted octanol–water partition coefficient (Wildman–Crippen LogP) is 0.917. The van der Waals surface area contributed by atoms with Crippen molar-refractivity contribution in [2.45, 2.75) is 19.8 Å². The van der Waals surface area contributed by atoms with Gasteiger partial charge in [-0.1, -0.05) is 6.92 Å². The second-order valence-corrected chi connectivity index (χ2v) is 4.00. The SMILES string of the molecule is CC1CC1CN1CCC(=O)C1. The van der Waals surface area contributed by atoms with Crippen molar-refractivity contribution in [3.8, 4) is 0 Å². The van der Waals surface area contributed by atoms with E-state index in [2.05, 4.69) is 11.8 Å². The van der Waals surface area contributed by atoms with E-state index in [-0.39, 0.29) is 0 Å². The van der Waals surface area contributed by atoms with E-state index in [9.17, 15) is 4.79 Å². The van der Waals surface area contributed by atoms with E-state index < -0.39 is 0 Å². The molecule has 0 aromatic rings. The second kappa shape index (κ2) is 2.59. The lowest BCUT2D eigenvalue weighted by atomic mass is 10.3. The molecule has 2 unspecified atom stereocenters. The van der Waals surface area contributed by atoms with Crippen LogP contribution < -0.4 is 0 Å². The van der Waals surface area contributed by atoms with Crippen LogP contribution >= 0.6 is 0 Å². The third kappa shape index (κ3) is 1.62. The van der Waals surface area contributed by atoms with Crippen LogP contribution in [0.1, 0.15) is 19.8 Å². The summed E-state index contributed by atoms with van der Waals surface area (Å²) < 4.78 is 0. The highest BCUT2D eigenvalue weighted by Crippen LogP contribution is 2.38. The van der Waals surface area contributed by atoms with Crippen molar-refractivity contribution in [3.05, 3.63) is 0 Å². The molecule has 2 nitrogen and oxygen atoms in total. The van der Waals surface area contributed by atoms with E-state index >= 15 is 0 Å². The van der Waals surface area contributed by atoms with E-state index in [0.717, 1.165) is 31.3 Å². The summed E-state index contributed by atoms with van der Waals surface area (Å²) in [6, 6.07) is 0. The molecule has 11 heavy (non-hydrogen) atoms. The van der Waals surface area contributed by atoms with E-state index in [1.165, 1.54) is 13.0 Å². The number of rotatable bonds is 2. The van der Waals surface area contributed by atoms with E-state index in [1.807, 2.05) is 0 Å². The summed E-state index contributed by atoms with van der Waals surface area (Å²) in [4.78, 5) is 13.2. The number of likely N-dealkylation sites (tertiary alicyclic amines) is 1. The van der Waals surface area contributed by atoms with Crippen molar-refractivity contribution >= 4 is 5.78 Å². The molecule has 2 aliphatic rings. The normalized spacial score (nSPS) is 38.1. The van der Waals surface area contributed by atoms with E-state index in [4.69, 9.17) is 0 Å². The van der Waals surface area contributed by atoms with Gasteiger partial charge in [0, 0.05) is 19.5 Å². The first-order valence-corrected chi connectivity index (χ1v) is 4.50. The van der Waals surface area contributed by atoms with Crippen LogP contribution in [0.15, 0.2) is 0 Å². The molecular formula is C9H15NO. The average molecular weight is 153 g/mol. The van der Waals surface area contributed by atoms with Crippen LogP contribution in [0.25, 0.3) is 0 Å². The van der Waals surface area contributed by atoms with Gasteiger partial charge in [-0.3, -0.25) is 9.69 Å². The van der Waals surface area contributed by atoms with E-state index in [1.54, 1.807) is 0 Å². The molecule has 0 spiro atoms. The quantitative estimate of drug-likeness (QED) is 0.588. The molecule has 0 N–H and O–H groups in total. The fourth-order valence-corrected chi connectivity index (χ4v) is 1.83. The third-order valence-corrected chi connectivity index (χ3v) is 2.88. The second-order valence-electron chi connectivity index (χ2n) is 4.00. The Morgan fingerprint density at radius 1 is 1.64 bits per heavy atom. The Morgan fingerprint density at radius 2 is 2.36 bits per heavy atom.